The van der Waals surface area contributed by atoms with Gasteiger partial charge in [0, 0.05) is 24.3 Å². The van der Waals surface area contributed by atoms with Crippen molar-refractivity contribution in [3.63, 3.8) is 0 Å². The molecule has 1 aliphatic heterocycles. The number of carbonyl (C=O) groups is 2. The second-order valence-corrected chi connectivity index (χ2v) is 6.76. The molecule has 3 rings (SSSR count). The van der Waals surface area contributed by atoms with E-state index in [0.29, 0.717) is 13.1 Å². The second kappa shape index (κ2) is 7.51. The van der Waals surface area contributed by atoms with Gasteiger partial charge in [-0.3, -0.25) is 9.59 Å². The molecule has 1 aliphatic rings. The van der Waals surface area contributed by atoms with E-state index in [9.17, 15) is 9.59 Å². The van der Waals surface area contributed by atoms with Crippen LogP contribution < -0.4 is 5.32 Å². The summed E-state index contributed by atoms with van der Waals surface area (Å²) in [4.78, 5) is 27.2. The molecule has 0 aromatic heterocycles. The fourth-order valence-electron chi connectivity index (χ4n) is 3.37. The van der Waals surface area contributed by atoms with Crippen LogP contribution in [-0.4, -0.2) is 29.8 Å². The minimum Gasteiger partial charge on any atom is -0.338 e. The first-order valence-electron chi connectivity index (χ1n) is 8.77. The van der Waals surface area contributed by atoms with Crippen molar-refractivity contribution < 1.29 is 9.59 Å². The van der Waals surface area contributed by atoms with Gasteiger partial charge in [0.25, 0.3) is 5.91 Å². The monoisotopic (exact) mass is 336 g/mol. The number of anilines is 1. The SMILES string of the molecule is Cc1ccc(C(=O)N2CCCC(C(=O)Nc3ccccc3)C2)c(C)c1. The van der Waals surface area contributed by atoms with Gasteiger partial charge in [-0.2, -0.15) is 0 Å². The third-order valence-electron chi connectivity index (χ3n) is 4.73. The van der Waals surface area contributed by atoms with Gasteiger partial charge in [0.05, 0.1) is 5.92 Å². The van der Waals surface area contributed by atoms with E-state index in [1.165, 1.54) is 0 Å². The lowest BCUT2D eigenvalue weighted by molar-refractivity contribution is -0.121. The Morgan fingerprint density at radius 2 is 1.84 bits per heavy atom. The number of hydrogen-bond acceptors (Lipinski definition) is 2. The molecular formula is C21H24N2O2. The molecular weight excluding hydrogens is 312 g/mol. The third kappa shape index (κ3) is 4.08. The molecule has 2 amide bonds. The van der Waals surface area contributed by atoms with E-state index in [1.54, 1.807) is 0 Å². The molecule has 1 fully saturated rings. The van der Waals surface area contributed by atoms with Crippen LogP contribution in [0.15, 0.2) is 48.5 Å². The smallest absolute Gasteiger partial charge is 0.254 e. The van der Waals surface area contributed by atoms with Crippen LogP contribution in [0.3, 0.4) is 0 Å². The highest BCUT2D eigenvalue weighted by molar-refractivity contribution is 5.97. The van der Waals surface area contributed by atoms with Crippen LogP contribution in [0.5, 0.6) is 0 Å². The van der Waals surface area contributed by atoms with Gasteiger partial charge in [-0.1, -0.05) is 35.9 Å². The number of aryl methyl sites for hydroxylation is 2. The number of nitrogens with zero attached hydrogens (tertiary/aromatic N) is 1. The van der Waals surface area contributed by atoms with Crippen molar-refractivity contribution in [2.45, 2.75) is 26.7 Å². The molecule has 2 aromatic rings. The van der Waals surface area contributed by atoms with Gasteiger partial charge < -0.3 is 10.2 Å². The van der Waals surface area contributed by atoms with Gasteiger partial charge in [0.2, 0.25) is 5.91 Å². The van der Waals surface area contributed by atoms with Crippen LogP contribution in [0.2, 0.25) is 0 Å². The Morgan fingerprint density at radius 3 is 2.56 bits per heavy atom. The number of carbonyl (C=O) groups excluding carboxylic acids is 2. The summed E-state index contributed by atoms with van der Waals surface area (Å²) in [6.07, 6.45) is 1.67. The zero-order valence-corrected chi connectivity index (χ0v) is 14.8. The number of nitrogens with one attached hydrogen (secondary N) is 1. The Labute approximate surface area is 148 Å². The number of rotatable bonds is 3. The van der Waals surface area contributed by atoms with Crippen LogP contribution in [0.1, 0.15) is 34.3 Å². The van der Waals surface area contributed by atoms with E-state index < -0.39 is 0 Å². The first-order valence-corrected chi connectivity index (χ1v) is 8.77. The average molecular weight is 336 g/mol. The highest BCUT2D eigenvalue weighted by atomic mass is 16.2. The molecule has 0 saturated carbocycles. The summed E-state index contributed by atoms with van der Waals surface area (Å²) < 4.78 is 0. The van der Waals surface area contributed by atoms with Crippen LogP contribution in [-0.2, 0) is 4.79 Å². The van der Waals surface area contributed by atoms with Crippen LogP contribution in [0, 0.1) is 19.8 Å². The van der Waals surface area contributed by atoms with E-state index >= 15 is 0 Å². The normalized spacial score (nSPS) is 17.2. The number of piperidine rings is 1. The summed E-state index contributed by atoms with van der Waals surface area (Å²) in [5, 5.41) is 2.95. The summed E-state index contributed by atoms with van der Waals surface area (Å²) in [7, 11) is 0. The second-order valence-electron chi connectivity index (χ2n) is 6.76. The van der Waals surface area contributed by atoms with Crippen molar-refractivity contribution >= 4 is 17.5 Å². The topological polar surface area (TPSA) is 49.4 Å². The summed E-state index contributed by atoms with van der Waals surface area (Å²) in [6.45, 7) is 5.17. The van der Waals surface area contributed by atoms with Crippen molar-refractivity contribution in [1.82, 2.24) is 4.90 Å². The highest BCUT2D eigenvalue weighted by Gasteiger charge is 2.29. The zero-order valence-electron chi connectivity index (χ0n) is 14.8. The number of likely N-dealkylation sites (tertiary alicyclic amines) is 1. The summed E-state index contributed by atoms with van der Waals surface area (Å²) in [5.41, 5.74) is 3.66. The highest BCUT2D eigenvalue weighted by Crippen LogP contribution is 2.22. The number of para-hydroxylation sites is 1. The minimum absolute atomic E-state index is 0.00988. The Bertz CT molecular complexity index is 771. The van der Waals surface area contributed by atoms with Crippen LogP contribution >= 0.6 is 0 Å². The molecule has 4 heteroatoms. The molecule has 25 heavy (non-hydrogen) atoms. The predicted molar refractivity (Wildman–Crippen MR) is 99.6 cm³/mol. The lowest BCUT2D eigenvalue weighted by Crippen LogP contribution is -2.44. The van der Waals surface area contributed by atoms with Crippen LogP contribution in [0.25, 0.3) is 0 Å². The first kappa shape index (κ1) is 17.2. The van der Waals surface area contributed by atoms with Gasteiger partial charge in [-0.05, 0) is 50.5 Å². The molecule has 1 atom stereocenters. The molecule has 130 valence electrons. The standard InChI is InChI=1S/C21H24N2O2/c1-15-10-11-19(16(2)13-15)21(25)23-12-6-7-17(14-23)20(24)22-18-8-4-3-5-9-18/h3-5,8-11,13,17H,6-7,12,14H2,1-2H3,(H,22,24). The quantitative estimate of drug-likeness (QED) is 0.927. The lowest BCUT2D eigenvalue weighted by atomic mass is 9.95. The predicted octanol–water partition coefficient (Wildman–Crippen LogP) is 3.79. The van der Waals surface area contributed by atoms with Crippen molar-refractivity contribution in [3.05, 3.63) is 65.2 Å². The van der Waals surface area contributed by atoms with E-state index in [0.717, 1.165) is 35.2 Å². The number of benzene rings is 2. The van der Waals surface area contributed by atoms with Crippen molar-refractivity contribution in [2.75, 3.05) is 18.4 Å². The van der Waals surface area contributed by atoms with Gasteiger partial charge in [0.15, 0.2) is 0 Å². The Kier molecular flexibility index (Phi) is 5.17. The Balaban J connectivity index is 1.68. The summed E-state index contributed by atoms with van der Waals surface area (Å²) in [6, 6.07) is 15.3. The fourth-order valence-corrected chi connectivity index (χ4v) is 3.37. The van der Waals surface area contributed by atoms with E-state index in [-0.39, 0.29) is 17.7 Å². The summed E-state index contributed by atoms with van der Waals surface area (Å²) >= 11 is 0. The first-order chi connectivity index (χ1) is 12.0. The maximum absolute atomic E-state index is 12.9. The van der Waals surface area contributed by atoms with Crippen molar-refractivity contribution in [3.8, 4) is 0 Å². The summed E-state index contributed by atoms with van der Waals surface area (Å²) in [5.74, 6) is -0.150. The minimum atomic E-state index is -0.163. The van der Waals surface area contributed by atoms with Gasteiger partial charge in [-0.15, -0.1) is 0 Å². The third-order valence-corrected chi connectivity index (χ3v) is 4.73. The van der Waals surface area contributed by atoms with Crippen molar-refractivity contribution in [2.24, 2.45) is 5.92 Å². The van der Waals surface area contributed by atoms with E-state index in [2.05, 4.69) is 5.32 Å². The Morgan fingerprint density at radius 1 is 1.08 bits per heavy atom. The van der Waals surface area contributed by atoms with Crippen molar-refractivity contribution in [1.29, 1.82) is 0 Å². The molecule has 1 heterocycles. The van der Waals surface area contributed by atoms with Gasteiger partial charge in [-0.25, -0.2) is 0 Å². The Hall–Kier alpha value is -2.62. The van der Waals surface area contributed by atoms with E-state index in [1.807, 2.05) is 67.3 Å². The molecule has 0 bridgehead atoms. The number of hydrogen-bond donors (Lipinski definition) is 1. The lowest BCUT2D eigenvalue weighted by Gasteiger charge is -2.32. The molecule has 0 spiro atoms. The van der Waals surface area contributed by atoms with E-state index in [4.69, 9.17) is 0 Å². The average Bonchev–Trinajstić information content (AvgIpc) is 2.62. The molecule has 4 nitrogen and oxygen atoms in total. The molecule has 1 N–H and O–H groups in total. The fraction of sp³-hybridized carbons (Fsp3) is 0.333. The number of amides is 2. The van der Waals surface area contributed by atoms with Gasteiger partial charge in [0.1, 0.15) is 0 Å². The molecule has 2 aromatic carbocycles. The molecule has 1 unspecified atom stereocenters. The largest absolute Gasteiger partial charge is 0.338 e. The molecule has 0 aliphatic carbocycles. The van der Waals surface area contributed by atoms with Gasteiger partial charge >= 0.3 is 0 Å². The molecule has 0 radical (unpaired) electrons. The maximum Gasteiger partial charge on any atom is 0.254 e. The zero-order chi connectivity index (χ0) is 17.8. The maximum atomic E-state index is 12.9. The molecule has 1 saturated heterocycles. The van der Waals surface area contributed by atoms with Crippen LogP contribution in [0.4, 0.5) is 5.69 Å².